The number of halogens is 3. The van der Waals surface area contributed by atoms with E-state index in [1.807, 2.05) is 24.3 Å². The number of imidazole rings is 1. The summed E-state index contributed by atoms with van der Waals surface area (Å²) in [6.45, 7) is 0.951. The summed E-state index contributed by atoms with van der Waals surface area (Å²) in [4.78, 5) is 0.633. The summed E-state index contributed by atoms with van der Waals surface area (Å²) >= 11 is 24.7. The van der Waals surface area contributed by atoms with Crippen LogP contribution in [0.3, 0.4) is 0 Å². The highest BCUT2D eigenvalue weighted by atomic mass is 35.5. The van der Waals surface area contributed by atoms with E-state index >= 15 is 0 Å². The smallest absolute Gasteiger partial charge is 0.128 e. The third-order valence-corrected chi connectivity index (χ3v) is 8.02. The Kier molecular flexibility index (Phi) is 6.30. The van der Waals surface area contributed by atoms with Crippen LogP contribution in [0.1, 0.15) is 24.1 Å². The van der Waals surface area contributed by atoms with Crippen LogP contribution in [0.25, 0.3) is 28.0 Å². The molecule has 3 aromatic carbocycles. The molecule has 0 atom stereocenters. The van der Waals surface area contributed by atoms with Gasteiger partial charge in [0.25, 0.3) is 0 Å². The molecular formula is C29H22Cl3N3S. The van der Waals surface area contributed by atoms with Gasteiger partial charge in [-0.15, -0.1) is 0 Å². The first-order valence-electron chi connectivity index (χ1n) is 11.9. The summed E-state index contributed by atoms with van der Waals surface area (Å²) in [6.07, 6.45) is 5.44. The Morgan fingerprint density at radius 3 is 2.36 bits per heavy atom. The molecule has 180 valence electrons. The second-order valence-electron chi connectivity index (χ2n) is 8.97. The minimum absolute atomic E-state index is 0.485. The fraction of sp³-hybridized carbons (Fsp3) is 0.138. The first-order chi connectivity index (χ1) is 17.5. The zero-order chi connectivity index (χ0) is 24.8. The van der Waals surface area contributed by atoms with Crippen molar-refractivity contribution in [2.45, 2.75) is 25.8 Å². The highest BCUT2D eigenvalue weighted by Gasteiger charge is 2.28. The Balaban J connectivity index is 1.59. The molecule has 0 aliphatic carbocycles. The number of rotatable bonds is 4. The zero-order valence-corrected chi connectivity index (χ0v) is 22.4. The SMILES string of the molecule is S=C(Nc1ccc(Cl)c(Cl)c1)c1c(-c2ccccc2)c2c3n(c(-c4ccc(Cl)cc4)cn13)CCCC2. The number of nitrogens with one attached hydrogen (secondary N) is 1. The fourth-order valence-corrected chi connectivity index (χ4v) is 5.88. The van der Waals surface area contributed by atoms with E-state index in [-0.39, 0.29) is 0 Å². The summed E-state index contributed by atoms with van der Waals surface area (Å²) in [6, 6.07) is 24.0. The lowest BCUT2D eigenvalue weighted by Crippen LogP contribution is -2.14. The molecule has 7 heteroatoms. The van der Waals surface area contributed by atoms with E-state index in [0.717, 1.165) is 59.0 Å². The number of nitrogens with zero attached hydrogens (tertiary/aromatic N) is 2. The lowest BCUT2D eigenvalue weighted by molar-refractivity contribution is 0.647. The molecule has 2 aromatic heterocycles. The summed E-state index contributed by atoms with van der Waals surface area (Å²) < 4.78 is 4.70. The van der Waals surface area contributed by atoms with E-state index in [1.54, 1.807) is 12.1 Å². The van der Waals surface area contributed by atoms with Crippen LogP contribution in [-0.4, -0.2) is 14.0 Å². The van der Waals surface area contributed by atoms with Crippen molar-refractivity contribution in [1.29, 1.82) is 0 Å². The van der Waals surface area contributed by atoms with Gasteiger partial charge in [0, 0.05) is 34.6 Å². The summed E-state index contributed by atoms with van der Waals surface area (Å²) in [5.74, 6) is 0. The maximum atomic E-state index is 6.29. The van der Waals surface area contributed by atoms with Crippen LogP contribution in [0.5, 0.6) is 0 Å². The molecule has 0 amide bonds. The number of hydrogen-bond acceptors (Lipinski definition) is 1. The molecular weight excluding hydrogens is 529 g/mol. The maximum absolute atomic E-state index is 6.29. The third kappa shape index (κ3) is 4.12. The minimum Gasteiger partial charge on any atom is -0.345 e. The van der Waals surface area contributed by atoms with Gasteiger partial charge in [0.2, 0.25) is 0 Å². The number of hydrogen-bond donors (Lipinski definition) is 1. The molecule has 0 unspecified atom stereocenters. The predicted octanol–water partition coefficient (Wildman–Crippen LogP) is 9.16. The summed E-state index contributed by atoms with van der Waals surface area (Å²) in [7, 11) is 0. The number of aryl methyl sites for hydroxylation is 2. The molecule has 0 fully saturated rings. The molecule has 0 bridgehead atoms. The highest BCUT2D eigenvalue weighted by molar-refractivity contribution is 7.81. The average molecular weight is 551 g/mol. The van der Waals surface area contributed by atoms with Crippen LogP contribution >= 0.6 is 47.0 Å². The first-order valence-corrected chi connectivity index (χ1v) is 13.4. The predicted molar refractivity (Wildman–Crippen MR) is 156 cm³/mol. The normalized spacial score (nSPS) is 13.1. The molecule has 0 spiro atoms. The van der Waals surface area contributed by atoms with E-state index in [4.69, 9.17) is 47.0 Å². The molecule has 1 aliphatic heterocycles. The zero-order valence-electron chi connectivity index (χ0n) is 19.3. The van der Waals surface area contributed by atoms with E-state index in [9.17, 15) is 0 Å². The highest BCUT2D eigenvalue weighted by Crippen LogP contribution is 2.40. The topological polar surface area (TPSA) is 21.4 Å². The van der Waals surface area contributed by atoms with Crippen molar-refractivity contribution >= 4 is 63.3 Å². The molecule has 3 heterocycles. The standard InChI is InChI=1S/C29H22Cl3N3S/c30-20-11-9-18(10-12-20)25-17-35-27(28(36)33-21-13-14-23(31)24(32)16-21)26(19-6-2-1-3-7-19)22-8-4-5-15-34(25)29(22)35/h1-3,6-7,9-14,16-17H,4-5,8,15H2,(H,33,36). The second-order valence-corrected chi connectivity index (χ2v) is 10.6. The van der Waals surface area contributed by atoms with Gasteiger partial charge < -0.3 is 9.88 Å². The van der Waals surface area contributed by atoms with Crippen molar-refractivity contribution in [1.82, 2.24) is 8.97 Å². The van der Waals surface area contributed by atoms with Gasteiger partial charge >= 0.3 is 0 Å². The molecule has 1 aliphatic rings. The molecule has 0 saturated carbocycles. The number of benzene rings is 3. The van der Waals surface area contributed by atoms with Crippen LogP contribution in [0.2, 0.25) is 15.1 Å². The van der Waals surface area contributed by atoms with Crippen LogP contribution in [0, 0.1) is 0 Å². The number of thiocarbonyl (C=S) groups is 1. The van der Waals surface area contributed by atoms with E-state index in [2.05, 4.69) is 56.9 Å². The van der Waals surface area contributed by atoms with Crippen molar-refractivity contribution in [3.63, 3.8) is 0 Å². The van der Waals surface area contributed by atoms with Gasteiger partial charge in [-0.2, -0.15) is 0 Å². The van der Waals surface area contributed by atoms with Gasteiger partial charge in [0.05, 0.1) is 21.4 Å². The molecule has 3 nitrogen and oxygen atoms in total. The van der Waals surface area contributed by atoms with Gasteiger partial charge in [-0.1, -0.05) is 89.5 Å². The van der Waals surface area contributed by atoms with Gasteiger partial charge in [0.15, 0.2) is 0 Å². The molecule has 1 N–H and O–H groups in total. The molecule has 36 heavy (non-hydrogen) atoms. The lowest BCUT2D eigenvalue weighted by Gasteiger charge is -2.13. The minimum atomic E-state index is 0.485. The molecule has 0 radical (unpaired) electrons. The van der Waals surface area contributed by atoms with E-state index in [0.29, 0.717) is 15.0 Å². The Hall–Kier alpha value is -2.76. The second kappa shape index (κ2) is 9.60. The van der Waals surface area contributed by atoms with Crippen molar-refractivity contribution < 1.29 is 0 Å². The Bertz CT molecular complexity index is 1600. The Labute approximate surface area is 230 Å². The van der Waals surface area contributed by atoms with Crippen LogP contribution in [0.15, 0.2) is 79.0 Å². The van der Waals surface area contributed by atoms with E-state index < -0.39 is 0 Å². The van der Waals surface area contributed by atoms with E-state index in [1.165, 1.54) is 16.8 Å². The van der Waals surface area contributed by atoms with Gasteiger partial charge in [-0.05, 0) is 60.7 Å². The summed E-state index contributed by atoms with van der Waals surface area (Å²) in [5, 5.41) is 5.14. The van der Waals surface area contributed by atoms with Crippen LogP contribution in [-0.2, 0) is 13.0 Å². The van der Waals surface area contributed by atoms with Crippen molar-refractivity contribution in [2.24, 2.45) is 0 Å². The van der Waals surface area contributed by atoms with Gasteiger partial charge in [-0.25, -0.2) is 0 Å². The van der Waals surface area contributed by atoms with Crippen LogP contribution < -0.4 is 5.32 Å². The van der Waals surface area contributed by atoms with Crippen LogP contribution in [0.4, 0.5) is 5.69 Å². The van der Waals surface area contributed by atoms with Gasteiger partial charge in [-0.3, -0.25) is 4.40 Å². The molecule has 0 saturated heterocycles. The first kappa shape index (κ1) is 23.6. The maximum Gasteiger partial charge on any atom is 0.128 e. The van der Waals surface area contributed by atoms with Gasteiger partial charge in [0.1, 0.15) is 10.6 Å². The Morgan fingerprint density at radius 1 is 0.833 bits per heavy atom. The lowest BCUT2D eigenvalue weighted by atomic mass is 9.98. The Morgan fingerprint density at radius 2 is 1.61 bits per heavy atom. The van der Waals surface area contributed by atoms with Crippen molar-refractivity contribution in [3.8, 4) is 22.4 Å². The fourth-order valence-electron chi connectivity index (χ4n) is 5.14. The quantitative estimate of drug-likeness (QED) is 0.225. The monoisotopic (exact) mass is 549 g/mol. The average Bonchev–Trinajstić information content (AvgIpc) is 3.30. The van der Waals surface area contributed by atoms with Crippen molar-refractivity contribution in [2.75, 3.05) is 5.32 Å². The summed E-state index contributed by atoms with van der Waals surface area (Å²) in [5.41, 5.74) is 8.93. The van der Waals surface area contributed by atoms with Crippen molar-refractivity contribution in [3.05, 3.63) is 105 Å². The number of anilines is 1. The molecule has 5 aromatic rings. The third-order valence-electron chi connectivity index (χ3n) is 6.73. The molecule has 6 rings (SSSR count). The number of aromatic nitrogens is 2. The largest absolute Gasteiger partial charge is 0.345 e.